The van der Waals surface area contributed by atoms with Crippen molar-refractivity contribution in [1.29, 1.82) is 0 Å². The summed E-state index contributed by atoms with van der Waals surface area (Å²) in [5.41, 5.74) is 6.58. The molecule has 4 rings (SSSR count). The average molecular weight is 424 g/mol. The maximum Gasteiger partial charge on any atom is 0.306 e. The third-order valence-electron chi connectivity index (χ3n) is 6.24. The Morgan fingerprint density at radius 1 is 1.20 bits per heavy atom. The number of hydrogen-bond donors (Lipinski definition) is 0. The van der Waals surface area contributed by atoms with Gasteiger partial charge in [0.15, 0.2) is 0 Å². The minimum atomic E-state index is -0.0958. The quantitative estimate of drug-likeness (QED) is 0.406. The van der Waals surface area contributed by atoms with Gasteiger partial charge < -0.3 is 9.30 Å². The van der Waals surface area contributed by atoms with Crippen molar-refractivity contribution in [3.63, 3.8) is 0 Å². The van der Waals surface area contributed by atoms with Crippen LogP contribution in [0, 0.1) is 0 Å². The molecule has 0 amide bonds. The van der Waals surface area contributed by atoms with Crippen molar-refractivity contribution in [2.24, 2.45) is 0 Å². The van der Waals surface area contributed by atoms with E-state index in [1.807, 2.05) is 19.1 Å². The van der Waals surface area contributed by atoms with Gasteiger partial charge >= 0.3 is 5.97 Å². The summed E-state index contributed by atoms with van der Waals surface area (Å²) in [6, 6.07) is 14.9. The summed E-state index contributed by atoms with van der Waals surface area (Å²) >= 11 is 6.10. The predicted molar refractivity (Wildman–Crippen MR) is 124 cm³/mol. The number of carbonyl (C=O) groups is 1. The number of benzene rings is 2. The molecular weight excluding hydrogens is 394 g/mol. The highest BCUT2D eigenvalue weighted by Crippen LogP contribution is 2.41. The lowest BCUT2D eigenvalue weighted by atomic mass is 9.84. The van der Waals surface area contributed by atoms with E-state index in [1.54, 1.807) is 0 Å². The van der Waals surface area contributed by atoms with E-state index >= 15 is 0 Å². The number of nitrogens with zero attached hydrogens (tertiary/aromatic N) is 1. The Kier molecular flexibility index (Phi) is 6.19. The average Bonchev–Trinajstić information content (AvgIpc) is 3.04. The second-order valence-electron chi connectivity index (χ2n) is 8.61. The Labute approximate surface area is 184 Å². The van der Waals surface area contributed by atoms with Gasteiger partial charge in [0.25, 0.3) is 0 Å². The van der Waals surface area contributed by atoms with Gasteiger partial charge in [-0.1, -0.05) is 43.6 Å². The third kappa shape index (κ3) is 4.13. The molecule has 4 heteroatoms. The zero-order chi connectivity index (χ0) is 21.3. The van der Waals surface area contributed by atoms with Gasteiger partial charge in [0.05, 0.1) is 13.0 Å². The molecule has 0 saturated heterocycles. The topological polar surface area (TPSA) is 31.2 Å². The number of fused-ring (bicyclic) bond motifs is 3. The van der Waals surface area contributed by atoms with Crippen molar-refractivity contribution >= 4 is 28.5 Å². The van der Waals surface area contributed by atoms with Gasteiger partial charge in [-0.25, -0.2) is 0 Å². The molecule has 3 aromatic rings. The lowest BCUT2D eigenvalue weighted by Crippen LogP contribution is -2.19. The zero-order valence-electron chi connectivity index (χ0n) is 18.1. The molecule has 30 heavy (non-hydrogen) atoms. The highest BCUT2D eigenvalue weighted by Gasteiger charge is 2.30. The maximum atomic E-state index is 12.3. The van der Waals surface area contributed by atoms with Gasteiger partial charge in [0.2, 0.25) is 0 Å². The van der Waals surface area contributed by atoms with E-state index in [0.29, 0.717) is 18.9 Å². The molecule has 0 radical (unpaired) electrons. The highest BCUT2D eigenvalue weighted by atomic mass is 35.5. The minimum Gasteiger partial charge on any atom is -0.466 e. The van der Waals surface area contributed by atoms with Gasteiger partial charge in [-0.3, -0.25) is 4.79 Å². The first-order valence-electron chi connectivity index (χ1n) is 11.0. The fourth-order valence-corrected chi connectivity index (χ4v) is 4.90. The lowest BCUT2D eigenvalue weighted by molar-refractivity contribution is -0.143. The first-order chi connectivity index (χ1) is 14.5. The van der Waals surface area contributed by atoms with Crippen molar-refractivity contribution in [3.05, 3.63) is 69.9 Å². The van der Waals surface area contributed by atoms with E-state index in [2.05, 4.69) is 48.7 Å². The number of halogens is 1. The van der Waals surface area contributed by atoms with Gasteiger partial charge in [-0.2, -0.15) is 0 Å². The Morgan fingerprint density at radius 3 is 2.67 bits per heavy atom. The van der Waals surface area contributed by atoms with Crippen LogP contribution in [0.2, 0.25) is 5.02 Å². The van der Waals surface area contributed by atoms with Crippen molar-refractivity contribution in [2.75, 3.05) is 6.61 Å². The number of ether oxygens (including phenoxy) is 1. The van der Waals surface area contributed by atoms with Gasteiger partial charge in [-0.05, 0) is 73.1 Å². The molecule has 0 aliphatic heterocycles. The van der Waals surface area contributed by atoms with Crippen LogP contribution in [-0.2, 0) is 22.5 Å². The molecule has 1 aromatic heterocycles. The van der Waals surface area contributed by atoms with E-state index in [9.17, 15) is 4.79 Å². The lowest BCUT2D eigenvalue weighted by Gasteiger charge is -2.25. The normalized spacial score (nSPS) is 16.1. The molecule has 0 bridgehead atoms. The van der Waals surface area contributed by atoms with E-state index < -0.39 is 0 Å². The van der Waals surface area contributed by atoms with E-state index in [4.69, 9.17) is 16.3 Å². The standard InChI is InChI=1S/C26H30ClNO2/c1-4-30-25(29)15-20-6-5-7-22-23-14-19(17(2)3)10-13-24(23)28(26(20)22)16-18-8-11-21(27)12-9-18/h8-14,17,20H,4-7,15-16H2,1-3H3. The molecule has 0 saturated carbocycles. The summed E-state index contributed by atoms with van der Waals surface area (Å²) in [4.78, 5) is 12.3. The number of aromatic nitrogens is 1. The summed E-state index contributed by atoms with van der Waals surface area (Å²) in [6.07, 6.45) is 3.66. The van der Waals surface area contributed by atoms with E-state index in [1.165, 1.54) is 33.3 Å². The first kappa shape index (κ1) is 21.0. The van der Waals surface area contributed by atoms with Crippen LogP contribution >= 0.6 is 11.6 Å². The number of carbonyl (C=O) groups excluding carboxylic acids is 1. The molecule has 1 heterocycles. The minimum absolute atomic E-state index is 0.0958. The third-order valence-corrected chi connectivity index (χ3v) is 6.49. The number of hydrogen-bond acceptors (Lipinski definition) is 2. The summed E-state index contributed by atoms with van der Waals surface area (Å²) in [7, 11) is 0. The van der Waals surface area contributed by atoms with Crippen LogP contribution in [0.1, 0.15) is 74.3 Å². The molecule has 1 aliphatic carbocycles. The number of rotatable bonds is 6. The molecule has 1 atom stereocenters. The van der Waals surface area contributed by atoms with E-state index in [-0.39, 0.29) is 11.9 Å². The summed E-state index contributed by atoms with van der Waals surface area (Å²) < 4.78 is 7.72. The first-order valence-corrected chi connectivity index (χ1v) is 11.4. The van der Waals surface area contributed by atoms with Crippen molar-refractivity contribution in [2.45, 2.75) is 64.8 Å². The maximum absolute atomic E-state index is 12.3. The number of aryl methyl sites for hydroxylation is 1. The summed E-state index contributed by atoms with van der Waals surface area (Å²) in [5.74, 6) is 0.597. The largest absolute Gasteiger partial charge is 0.466 e. The second kappa shape index (κ2) is 8.85. The highest BCUT2D eigenvalue weighted by molar-refractivity contribution is 6.30. The molecule has 3 nitrogen and oxygen atoms in total. The Balaban J connectivity index is 1.84. The predicted octanol–water partition coefficient (Wildman–Crippen LogP) is 6.84. The van der Waals surface area contributed by atoms with Gasteiger partial charge in [0, 0.05) is 34.1 Å². The van der Waals surface area contributed by atoms with Crippen molar-refractivity contribution in [3.8, 4) is 0 Å². The van der Waals surface area contributed by atoms with Crippen molar-refractivity contribution < 1.29 is 9.53 Å². The van der Waals surface area contributed by atoms with Gasteiger partial charge in [-0.15, -0.1) is 0 Å². The van der Waals surface area contributed by atoms with Gasteiger partial charge in [0.1, 0.15) is 0 Å². The van der Waals surface area contributed by atoms with Crippen LogP contribution in [0.25, 0.3) is 10.9 Å². The fraction of sp³-hybridized carbons (Fsp3) is 0.423. The van der Waals surface area contributed by atoms with Crippen molar-refractivity contribution in [1.82, 2.24) is 4.57 Å². The zero-order valence-corrected chi connectivity index (χ0v) is 18.8. The SMILES string of the molecule is CCOC(=O)CC1CCCc2c1n(Cc1ccc(Cl)cc1)c1ccc(C(C)C)cc21. The second-order valence-corrected chi connectivity index (χ2v) is 9.04. The summed E-state index contributed by atoms with van der Waals surface area (Å²) in [6.45, 7) is 7.56. The van der Waals surface area contributed by atoms with E-state index in [0.717, 1.165) is 30.8 Å². The molecule has 0 fully saturated rings. The summed E-state index contributed by atoms with van der Waals surface area (Å²) in [5, 5.41) is 2.10. The molecule has 1 aliphatic rings. The van der Waals surface area contributed by atoms with Crippen LogP contribution in [-0.4, -0.2) is 17.1 Å². The van der Waals surface area contributed by atoms with Crippen LogP contribution in [0.15, 0.2) is 42.5 Å². The number of esters is 1. The molecule has 0 spiro atoms. The van der Waals surface area contributed by atoms with Crippen LogP contribution in [0.3, 0.4) is 0 Å². The Hall–Kier alpha value is -2.26. The molecular formula is C26H30ClNO2. The Morgan fingerprint density at radius 2 is 1.97 bits per heavy atom. The monoisotopic (exact) mass is 423 g/mol. The van der Waals surface area contributed by atoms with Crippen LogP contribution in [0.5, 0.6) is 0 Å². The Bertz CT molecular complexity index is 1050. The molecule has 158 valence electrons. The molecule has 1 unspecified atom stereocenters. The molecule has 0 N–H and O–H groups in total. The fourth-order valence-electron chi connectivity index (χ4n) is 4.77. The van der Waals surface area contributed by atoms with Crippen LogP contribution < -0.4 is 0 Å². The van der Waals surface area contributed by atoms with Crippen LogP contribution in [0.4, 0.5) is 0 Å². The molecule has 2 aromatic carbocycles. The smallest absolute Gasteiger partial charge is 0.306 e.